The fourth-order valence-corrected chi connectivity index (χ4v) is 2.45. The number of hydrogen-bond acceptors (Lipinski definition) is 3. The van der Waals surface area contributed by atoms with Gasteiger partial charge in [0.1, 0.15) is 5.84 Å². The van der Waals surface area contributed by atoms with Gasteiger partial charge in [0.05, 0.1) is 0 Å². The Bertz CT molecular complexity index is 441. The number of likely N-dealkylation sites (N-methyl/N-ethyl adjacent to an activating group) is 1. The molecule has 1 fully saturated rings. The SMILES string of the molecule is Cc1cc(N2CCCN(C)CC2)ccc1C(=N)N. The van der Waals surface area contributed by atoms with Crippen molar-refractivity contribution in [3.8, 4) is 0 Å². The number of rotatable bonds is 2. The molecule has 3 N–H and O–H groups in total. The maximum Gasteiger partial charge on any atom is 0.123 e. The molecular weight excluding hydrogens is 224 g/mol. The summed E-state index contributed by atoms with van der Waals surface area (Å²) in [5, 5.41) is 7.51. The number of amidine groups is 1. The molecular formula is C14H22N4. The number of anilines is 1. The van der Waals surface area contributed by atoms with Gasteiger partial charge in [-0.25, -0.2) is 0 Å². The van der Waals surface area contributed by atoms with Crippen LogP contribution in [0.5, 0.6) is 0 Å². The van der Waals surface area contributed by atoms with Crippen molar-refractivity contribution < 1.29 is 0 Å². The number of nitrogen functional groups attached to an aromatic ring is 1. The van der Waals surface area contributed by atoms with Gasteiger partial charge in [-0.3, -0.25) is 5.41 Å². The molecule has 1 saturated heterocycles. The molecule has 0 unspecified atom stereocenters. The van der Waals surface area contributed by atoms with Crippen molar-refractivity contribution in [1.29, 1.82) is 5.41 Å². The molecule has 1 aliphatic rings. The Morgan fingerprint density at radius 1 is 1.22 bits per heavy atom. The Morgan fingerprint density at radius 3 is 2.67 bits per heavy atom. The van der Waals surface area contributed by atoms with Crippen molar-refractivity contribution in [2.75, 3.05) is 38.1 Å². The molecule has 4 nitrogen and oxygen atoms in total. The molecule has 2 rings (SSSR count). The van der Waals surface area contributed by atoms with Gasteiger partial charge < -0.3 is 15.5 Å². The fraction of sp³-hybridized carbons (Fsp3) is 0.500. The summed E-state index contributed by atoms with van der Waals surface area (Å²) in [6.45, 7) is 6.46. The summed E-state index contributed by atoms with van der Waals surface area (Å²) in [4.78, 5) is 4.79. The first-order valence-electron chi connectivity index (χ1n) is 6.46. The second-order valence-electron chi connectivity index (χ2n) is 5.06. The van der Waals surface area contributed by atoms with Crippen LogP contribution >= 0.6 is 0 Å². The van der Waals surface area contributed by atoms with Crippen LogP contribution in [0.4, 0.5) is 5.69 Å². The van der Waals surface area contributed by atoms with Gasteiger partial charge in [-0.2, -0.15) is 0 Å². The third kappa shape index (κ3) is 2.82. The zero-order chi connectivity index (χ0) is 13.1. The molecule has 0 saturated carbocycles. The Kier molecular flexibility index (Phi) is 3.87. The van der Waals surface area contributed by atoms with E-state index in [1.165, 1.54) is 18.7 Å². The van der Waals surface area contributed by atoms with E-state index in [0.717, 1.165) is 30.8 Å². The first kappa shape index (κ1) is 12.9. The predicted octanol–water partition coefficient (Wildman–Crippen LogP) is 1.42. The highest BCUT2D eigenvalue weighted by molar-refractivity contribution is 5.96. The molecule has 0 radical (unpaired) electrons. The highest BCUT2D eigenvalue weighted by atomic mass is 15.2. The second kappa shape index (κ2) is 5.40. The molecule has 0 aromatic heterocycles. The van der Waals surface area contributed by atoms with Crippen molar-refractivity contribution in [2.45, 2.75) is 13.3 Å². The summed E-state index contributed by atoms with van der Waals surface area (Å²) < 4.78 is 0. The average Bonchev–Trinajstić information content (AvgIpc) is 2.53. The van der Waals surface area contributed by atoms with Crippen molar-refractivity contribution >= 4 is 11.5 Å². The molecule has 0 amide bonds. The third-order valence-corrected chi connectivity index (χ3v) is 3.58. The Balaban J connectivity index is 2.18. The zero-order valence-electron chi connectivity index (χ0n) is 11.2. The Hall–Kier alpha value is -1.55. The van der Waals surface area contributed by atoms with Crippen LogP contribution in [0.25, 0.3) is 0 Å². The maximum absolute atomic E-state index is 7.51. The van der Waals surface area contributed by atoms with Gasteiger partial charge in [0.15, 0.2) is 0 Å². The number of nitrogens with one attached hydrogen (secondary N) is 1. The molecule has 1 aliphatic heterocycles. The normalized spacial score (nSPS) is 17.6. The van der Waals surface area contributed by atoms with E-state index in [0.29, 0.717) is 0 Å². The van der Waals surface area contributed by atoms with Crippen LogP contribution in [0.3, 0.4) is 0 Å². The minimum atomic E-state index is 0.148. The van der Waals surface area contributed by atoms with Crippen LogP contribution in [0.2, 0.25) is 0 Å². The van der Waals surface area contributed by atoms with Gasteiger partial charge in [0.25, 0.3) is 0 Å². The van der Waals surface area contributed by atoms with E-state index in [-0.39, 0.29) is 5.84 Å². The first-order chi connectivity index (χ1) is 8.58. The summed E-state index contributed by atoms with van der Waals surface area (Å²) in [5.74, 6) is 0.148. The lowest BCUT2D eigenvalue weighted by atomic mass is 10.1. The van der Waals surface area contributed by atoms with Crippen LogP contribution in [-0.2, 0) is 0 Å². The van der Waals surface area contributed by atoms with Crippen molar-refractivity contribution in [3.05, 3.63) is 29.3 Å². The largest absolute Gasteiger partial charge is 0.384 e. The standard InChI is InChI=1S/C14H22N4/c1-11-10-12(4-5-13(11)14(15)16)18-7-3-6-17(2)8-9-18/h4-5,10H,3,6-9H2,1-2H3,(H3,15,16). The predicted molar refractivity (Wildman–Crippen MR) is 76.5 cm³/mol. The molecule has 18 heavy (non-hydrogen) atoms. The van der Waals surface area contributed by atoms with Gasteiger partial charge in [-0.15, -0.1) is 0 Å². The van der Waals surface area contributed by atoms with Gasteiger partial charge >= 0.3 is 0 Å². The molecule has 1 heterocycles. The van der Waals surface area contributed by atoms with E-state index in [1.54, 1.807) is 0 Å². The lowest BCUT2D eigenvalue weighted by molar-refractivity contribution is 0.360. The van der Waals surface area contributed by atoms with Crippen molar-refractivity contribution in [3.63, 3.8) is 0 Å². The minimum Gasteiger partial charge on any atom is -0.384 e. The van der Waals surface area contributed by atoms with E-state index in [9.17, 15) is 0 Å². The molecule has 1 aromatic carbocycles. The van der Waals surface area contributed by atoms with E-state index in [1.807, 2.05) is 13.0 Å². The fourth-order valence-electron chi connectivity index (χ4n) is 2.45. The van der Waals surface area contributed by atoms with Crippen LogP contribution < -0.4 is 10.6 Å². The van der Waals surface area contributed by atoms with Crippen LogP contribution in [0.1, 0.15) is 17.5 Å². The maximum atomic E-state index is 7.51. The quantitative estimate of drug-likeness (QED) is 0.613. The Labute approximate surface area is 109 Å². The first-order valence-corrected chi connectivity index (χ1v) is 6.46. The third-order valence-electron chi connectivity index (χ3n) is 3.58. The monoisotopic (exact) mass is 246 g/mol. The zero-order valence-corrected chi connectivity index (χ0v) is 11.2. The van der Waals surface area contributed by atoms with Crippen LogP contribution in [-0.4, -0.2) is 44.0 Å². The van der Waals surface area contributed by atoms with Gasteiger partial charge in [0, 0.05) is 30.9 Å². The summed E-state index contributed by atoms with van der Waals surface area (Å²) in [5.41, 5.74) is 8.71. The number of benzene rings is 1. The molecule has 0 spiro atoms. The molecule has 98 valence electrons. The minimum absolute atomic E-state index is 0.148. The number of nitrogens with zero attached hydrogens (tertiary/aromatic N) is 2. The Morgan fingerprint density at radius 2 is 2.00 bits per heavy atom. The van der Waals surface area contributed by atoms with E-state index < -0.39 is 0 Å². The average molecular weight is 246 g/mol. The van der Waals surface area contributed by atoms with E-state index in [2.05, 4.69) is 29.0 Å². The number of aryl methyl sites for hydroxylation is 1. The summed E-state index contributed by atoms with van der Waals surface area (Å²) >= 11 is 0. The molecule has 4 heteroatoms. The molecule has 0 bridgehead atoms. The van der Waals surface area contributed by atoms with E-state index >= 15 is 0 Å². The summed E-state index contributed by atoms with van der Waals surface area (Å²) in [6, 6.07) is 6.18. The van der Waals surface area contributed by atoms with Gasteiger partial charge in [-0.05, 0) is 50.7 Å². The highest BCUT2D eigenvalue weighted by Gasteiger charge is 2.13. The second-order valence-corrected chi connectivity index (χ2v) is 5.06. The van der Waals surface area contributed by atoms with Crippen LogP contribution in [0, 0.1) is 12.3 Å². The lowest BCUT2D eigenvalue weighted by Crippen LogP contribution is -2.28. The van der Waals surface area contributed by atoms with Gasteiger partial charge in [0.2, 0.25) is 0 Å². The number of hydrogen-bond donors (Lipinski definition) is 2. The molecule has 0 atom stereocenters. The summed E-state index contributed by atoms with van der Waals surface area (Å²) in [7, 11) is 2.17. The number of nitrogens with two attached hydrogens (primary N) is 1. The molecule has 0 aliphatic carbocycles. The van der Waals surface area contributed by atoms with Crippen molar-refractivity contribution in [1.82, 2.24) is 4.90 Å². The smallest absolute Gasteiger partial charge is 0.123 e. The van der Waals surface area contributed by atoms with Crippen molar-refractivity contribution in [2.24, 2.45) is 5.73 Å². The lowest BCUT2D eigenvalue weighted by Gasteiger charge is -2.23. The van der Waals surface area contributed by atoms with Gasteiger partial charge in [-0.1, -0.05) is 0 Å². The molecule has 1 aromatic rings. The van der Waals surface area contributed by atoms with E-state index in [4.69, 9.17) is 11.1 Å². The topological polar surface area (TPSA) is 56.4 Å². The highest BCUT2D eigenvalue weighted by Crippen LogP contribution is 2.20. The van der Waals surface area contributed by atoms with Crippen LogP contribution in [0.15, 0.2) is 18.2 Å². The summed E-state index contributed by atoms with van der Waals surface area (Å²) in [6.07, 6.45) is 1.20.